The highest BCUT2D eigenvalue weighted by atomic mass is 19.4. The molecule has 40 heavy (non-hydrogen) atoms. The van der Waals surface area contributed by atoms with E-state index in [0.717, 1.165) is 0 Å². The van der Waals surface area contributed by atoms with Gasteiger partial charge in [0, 0.05) is 25.2 Å². The molecule has 1 saturated carbocycles. The maximum absolute atomic E-state index is 13.6. The van der Waals surface area contributed by atoms with Gasteiger partial charge in [-0.15, -0.1) is 0 Å². The first-order chi connectivity index (χ1) is 18.5. The fraction of sp³-hybridized carbons (Fsp3) is 0.615. The van der Waals surface area contributed by atoms with E-state index < -0.39 is 59.4 Å². The summed E-state index contributed by atoms with van der Waals surface area (Å²) in [5.74, 6) is -4.31. The maximum atomic E-state index is 13.6. The van der Waals surface area contributed by atoms with Crippen LogP contribution in [0.4, 0.5) is 18.9 Å². The molecule has 0 aromatic carbocycles. The molecule has 1 aromatic rings. The van der Waals surface area contributed by atoms with Gasteiger partial charge in [0.05, 0.1) is 12.3 Å². The first-order valence-corrected chi connectivity index (χ1v) is 12.8. The molecule has 2 fully saturated rings. The Morgan fingerprint density at radius 2 is 1.95 bits per heavy atom. The molecule has 3 heterocycles. The first-order valence-electron chi connectivity index (χ1n) is 12.8. The van der Waals surface area contributed by atoms with Crippen molar-refractivity contribution in [2.45, 2.75) is 71.4 Å². The van der Waals surface area contributed by atoms with Crippen molar-refractivity contribution in [2.75, 3.05) is 11.9 Å². The van der Waals surface area contributed by atoms with Crippen molar-refractivity contribution in [3.05, 3.63) is 18.5 Å². The fourth-order valence-electron chi connectivity index (χ4n) is 5.61. The molecule has 11 nitrogen and oxygen atoms in total. The van der Waals surface area contributed by atoms with Crippen LogP contribution < -0.4 is 20.7 Å². The largest absolute Gasteiger partial charge is 0.478 e. The molecule has 1 aliphatic carbocycles. The Labute approximate surface area is 228 Å². The number of pyridine rings is 1. The molecule has 216 valence electrons. The van der Waals surface area contributed by atoms with Crippen molar-refractivity contribution in [3.63, 3.8) is 0 Å². The summed E-state index contributed by atoms with van der Waals surface area (Å²) in [6.45, 7) is 8.49. The Kier molecular flexibility index (Phi) is 7.23. The van der Waals surface area contributed by atoms with Crippen molar-refractivity contribution in [3.8, 4) is 11.8 Å². The Balaban J connectivity index is 1.52. The van der Waals surface area contributed by atoms with Crippen LogP contribution in [0.1, 0.15) is 41.0 Å². The summed E-state index contributed by atoms with van der Waals surface area (Å²) >= 11 is 0. The van der Waals surface area contributed by atoms with E-state index in [-0.39, 0.29) is 30.2 Å². The average Bonchev–Trinajstić information content (AvgIpc) is 3.18. The fourth-order valence-corrected chi connectivity index (χ4v) is 5.61. The second kappa shape index (κ2) is 9.94. The number of hydrogen-bond donors (Lipinski definition) is 3. The van der Waals surface area contributed by atoms with Gasteiger partial charge >= 0.3 is 12.1 Å². The Morgan fingerprint density at radius 1 is 1.27 bits per heavy atom. The molecule has 3 aliphatic rings. The number of hydrogen-bond acceptors (Lipinski definition) is 7. The van der Waals surface area contributed by atoms with Crippen LogP contribution in [-0.4, -0.2) is 70.5 Å². The number of aromatic nitrogens is 1. The lowest BCUT2D eigenvalue weighted by Gasteiger charge is -2.38. The highest BCUT2D eigenvalue weighted by Crippen LogP contribution is 2.65. The predicted octanol–water partition coefficient (Wildman–Crippen LogP) is 1.76. The van der Waals surface area contributed by atoms with Gasteiger partial charge < -0.3 is 25.6 Å². The number of carbonyl (C=O) groups excluding carboxylic acids is 4. The van der Waals surface area contributed by atoms with E-state index in [1.807, 2.05) is 19.9 Å². The van der Waals surface area contributed by atoms with Crippen LogP contribution in [0.15, 0.2) is 18.5 Å². The second-order valence-electron chi connectivity index (χ2n) is 12.1. The summed E-state index contributed by atoms with van der Waals surface area (Å²) in [6.07, 6.45) is -3.60. The summed E-state index contributed by atoms with van der Waals surface area (Å²) in [7, 11) is 0. The number of nitriles is 1. The van der Waals surface area contributed by atoms with Crippen LogP contribution in [-0.2, 0) is 19.2 Å². The third-order valence-corrected chi connectivity index (χ3v) is 7.93. The van der Waals surface area contributed by atoms with Crippen LogP contribution in [0.3, 0.4) is 0 Å². The quantitative estimate of drug-likeness (QED) is 0.476. The number of fused-ring (bicyclic) bond motifs is 2. The molecule has 0 radical (unpaired) electrons. The van der Waals surface area contributed by atoms with E-state index in [1.54, 1.807) is 11.4 Å². The summed E-state index contributed by atoms with van der Waals surface area (Å²) in [5.41, 5.74) is -1.06. The van der Waals surface area contributed by atoms with Gasteiger partial charge in [0.25, 0.3) is 5.91 Å². The number of rotatable bonds is 6. The molecule has 3 N–H and O–H groups in total. The van der Waals surface area contributed by atoms with Gasteiger partial charge in [0.2, 0.25) is 11.8 Å². The SMILES string of the molecule is CC(C)(C)C(NC(=O)C(F)(F)F)C(=O)N1C[C@H]2[C@@H]([C@H]1C(=O)N[C@H](C#N)CC1Oc3ccncc3NC1=O)C2(C)C. The molecule has 2 unspecified atom stereocenters. The zero-order chi connectivity index (χ0) is 29.8. The molecule has 2 aliphatic heterocycles. The molecular weight excluding hydrogens is 533 g/mol. The number of piperidine rings is 1. The minimum atomic E-state index is -5.19. The van der Waals surface area contributed by atoms with Crippen LogP contribution in [0, 0.1) is 34.0 Å². The van der Waals surface area contributed by atoms with Gasteiger partial charge in [-0.05, 0) is 22.7 Å². The van der Waals surface area contributed by atoms with Crippen molar-refractivity contribution in [2.24, 2.45) is 22.7 Å². The molecule has 4 amide bonds. The van der Waals surface area contributed by atoms with E-state index in [0.29, 0.717) is 11.4 Å². The maximum Gasteiger partial charge on any atom is 0.471 e. The third-order valence-electron chi connectivity index (χ3n) is 7.93. The van der Waals surface area contributed by atoms with Gasteiger partial charge in [-0.1, -0.05) is 34.6 Å². The molecule has 0 spiro atoms. The van der Waals surface area contributed by atoms with Gasteiger partial charge in [0.15, 0.2) is 6.10 Å². The van der Waals surface area contributed by atoms with Gasteiger partial charge in [0.1, 0.15) is 29.6 Å². The number of carbonyl (C=O) groups is 4. The third kappa shape index (κ3) is 5.41. The normalized spacial score (nSPS) is 26.2. The highest BCUT2D eigenvalue weighted by Gasteiger charge is 2.70. The second-order valence-corrected chi connectivity index (χ2v) is 12.1. The van der Waals surface area contributed by atoms with E-state index in [9.17, 15) is 37.6 Å². The molecule has 1 saturated heterocycles. The molecule has 0 bridgehead atoms. The van der Waals surface area contributed by atoms with Crippen molar-refractivity contribution in [1.82, 2.24) is 20.5 Å². The molecule has 1 aromatic heterocycles. The van der Waals surface area contributed by atoms with E-state index >= 15 is 0 Å². The first kappa shape index (κ1) is 29.1. The standard InChI is InChI=1S/C26H31F3N6O5/c1-24(2,3)19(34-23(39)26(27,28)29)22(38)35-11-13-17(25(13,4)5)18(35)21(37)32-12(9-30)8-16-20(36)33-14-10-31-7-6-15(14)40-16/h6-7,10,12-13,16-19H,8,11H2,1-5H3,(H,32,37)(H,33,36)(H,34,39)/t12-,13-,16?,17-,18-,19?/m0/s1. The van der Waals surface area contributed by atoms with Crippen LogP contribution >= 0.6 is 0 Å². The van der Waals surface area contributed by atoms with Gasteiger partial charge in [-0.2, -0.15) is 18.4 Å². The van der Waals surface area contributed by atoms with Crippen LogP contribution in [0.25, 0.3) is 0 Å². The summed E-state index contributed by atoms with van der Waals surface area (Å²) in [5, 5.41) is 16.8. The number of amides is 4. The predicted molar refractivity (Wildman–Crippen MR) is 133 cm³/mol. The lowest BCUT2D eigenvalue weighted by Crippen LogP contribution is -2.61. The lowest BCUT2D eigenvalue weighted by molar-refractivity contribution is -0.176. The molecule has 6 atom stereocenters. The Morgan fingerprint density at radius 3 is 2.55 bits per heavy atom. The summed E-state index contributed by atoms with van der Waals surface area (Å²) in [4.78, 5) is 56.5. The van der Waals surface area contributed by atoms with E-state index in [1.165, 1.54) is 38.1 Å². The minimum Gasteiger partial charge on any atom is -0.478 e. The molecular formula is C26H31F3N6O5. The van der Waals surface area contributed by atoms with E-state index in [4.69, 9.17) is 4.74 Å². The highest BCUT2D eigenvalue weighted by molar-refractivity contribution is 5.98. The minimum absolute atomic E-state index is 0.0933. The monoisotopic (exact) mass is 564 g/mol. The number of nitrogens with zero attached hydrogens (tertiary/aromatic N) is 3. The Bertz CT molecular complexity index is 1270. The number of nitrogens with one attached hydrogen (secondary N) is 3. The van der Waals surface area contributed by atoms with E-state index in [2.05, 4.69) is 15.6 Å². The van der Waals surface area contributed by atoms with Crippen molar-refractivity contribution < 1.29 is 37.1 Å². The van der Waals surface area contributed by atoms with Crippen molar-refractivity contribution in [1.29, 1.82) is 5.26 Å². The number of halogens is 3. The number of ether oxygens (including phenoxy) is 1. The number of likely N-dealkylation sites (tertiary alicyclic amines) is 1. The summed E-state index contributed by atoms with van der Waals surface area (Å²) in [6, 6.07) is -0.325. The van der Waals surface area contributed by atoms with Crippen molar-refractivity contribution >= 4 is 29.3 Å². The van der Waals surface area contributed by atoms with Gasteiger partial charge in [-0.3, -0.25) is 24.2 Å². The number of anilines is 1. The topological polar surface area (TPSA) is 154 Å². The Hall–Kier alpha value is -3.89. The zero-order valence-electron chi connectivity index (χ0n) is 22.6. The lowest BCUT2D eigenvalue weighted by atomic mass is 9.85. The average molecular weight is 565 g/mol. The van der Waals surface area contributed by atoms with Gasteiger partial charge in [-0.25, -0.2) is 0 Å². The number of alkyl halides is 3. The van der Waals surface area contributed by atoms with Crippen LogP contribution in [0.2, 0.25) is 0 Å². The smallest absolute Gasteiger partial charge is 0.471 e. The molecule has 4 rings (SSSR count). The summed E-state index contributed by atoms with van der Waals surface area (Å²) < 4.78 is 44.8. The molecule has 14 heteroatoms. The van der Waals surface area contributed by atoms with Crippen LogP contribution in [0.5, 0.6) is 5.75 Å². The zero-order valence-corrected chi connectivity index (χ0v) is 22.6.